The van der Waals surface area contributed by atoms with Crippen LogP contribution in [-0.2, 0) is 0 Å². The van der Waals surface area contributed by atoms with Crippen LogP contribution in [0.4, 0.5) is 11.4 Å². The summed E-state index contributed by atoms with van der Waals surface area (Å²) in [7, 11) is 1.61. The number of carbonyl (C=O) groups excluding carboxylic acids is 2. The van der Waals surface area contributed by atoms with Crippen LogP contribution in [0.5, 0.6) is 11.5 Å². The van der Waals surface area contributed by atoms with Crippen LogP contribution in [0.15, 0.2) is 72.8 Å². The summed E-state index contributed by atoms with van der Waals surface area (Å²) in [5.74, 6) is 1.29. The van der Waals surface area contributed by atoms with Crippen LogP contribution in [0.25, 0.3) is 0 Å². The third kappa shape index (κ3) is 6.16. The minimum absolute atomic E-state index is 0.0361. The number of benzene rings is 3. The van der Waals surface area contributed by atoms with Gasteiger partial charge in [0.1, 0.15) is 11.5 Å². The topological polar surface area (TPSA) is 71.1 Å². The largest absolute Gasteiger partial charge is 0.497 e. The summed E-state index contributed by atoms with van der Waals surface area (Å²) in [6.07, 6.45) is 0.995. The highest BCUT2D eigenvalue weighted by molar-refractivity contribution is 6.04. The molecule has 1 N–H and O–H groups in total. The maximum absolute atomic E-state index is 12.8. The summed E-state index contributed by atoms with van der Waals surface area (Å²) in [6.45, 7) is 6.86. The van der Waals surface area contributed by atoms with Crippen LogP contribution in [0.3, 0.4) is 0 Å². The molecule has 0 spiro atoms. The molecule has 1 aliphatic rings. The lowest BCUT2D eigenvalue weighted by atomic mass is 10.1. The van der Waals surface area contributed by atoms with Crippen LogP contribution < -0.4 is 19.7 Å². The first-order valence-corrected chi connectivity index (χ1v) is 12.3. The number of hydrogen-bond acceptors (Lipinski definition) is 5. The van der Waals surface area contributed by atoms with Gasteiger partial charge >= 0.3 is 0 Å². The molecule has 36 heavy (non-hydrogen) atoms. The van der Waals surface area contributed by atoms with Crippen molar-refractivity contribution in [1.29, 1.82) is 0 Å². The van der Waals surface area contributed by atoms with Gasteiger partial charge < -0.3 is 24.6 Å². The molecule has 7 heteroatoms. The van der Waals surface area contributed by atoms with Crippen molar-refractivity contribution in [3.63, 3.8) is 0 Å². The van der Waals surface area contributed by atoms with E-state index in [1.807, 2.05) is 48.2 Å². The molecule has 1 aliphatic heterocycles. The van der Waals surface area contributed by atoms with E-state index < -0.39 is 0 Å². The van der Waals surface area contributed by atoms with Gasteiger partial charge in [-0.05, 0) is 80.1 Å². The number of piperazine rings is 1. The zero-order valence-electron chi connectivity index (χ0n) is 21.1. The van der Waals surface area contributed by atoms with Gasteiger partial charge in [0.2, 0.25) is 0 Å². The van der Waals surface area contributed by atoms with Crippen molar-refractivity contribution in [1.82, 2.24) is 4.90 Å². The van der Waals surface area contributed by atoms with Gasteiger partial charge in [-0.15, -0.1) is 0 Å². The van der Waals surface area contributed by atoms with Crippen molar-refractivity contribution in [2.24, 2.45) is 0 Å². The number of methoxy groups -OCH3 is 1. The molecule has 1 atom stereocenters. The lowest BCUT2D eigenvalue weighted by Gasteiger charge is -2.36. The highest BCUT2D eigenvalue weighted by Crippen LogP contribution is 2.22. The van der Waals surface area contributed by atoms with Crippen LogP contribution in [0, 0.1) is 0 Å². The van der Waals surface area contributed by atoms with Crippen LogP contribution in [0.2, 0.25) is 0 Å². The molecule has 1 saturated heterocycles. The van der Waals surface area contributed by atoms with E-state index in [1.54, 1.807) is 43.5 Å². The highest BCUT2D eigenvalue weighted by Gasteiger charge is 2.22. The fourth-order valence-corrected chi connectivity index (χ4v) is 4.07. The Bertz CT molecular complexity index is 1170. The van der Waals surface area contributed by atoms with Crippen molar-refractivity contribution >= 4 is 23.2 Å². The number of hydrogen-bond donors (Lipinski definition) is 1. The van der Waals surface area contributed by atoms with E-state index in [1.165, 1.54) is 0 Å². The predicted octanol–water partition coefficient (Wildman–Crippen LogP) is 5.09. The summed E-state index contributed by atoms with van der Waals surface area (Å²) in [6, 6.07) is 22.3. The van der Waals surface area contributed by atoms with Gasteiger partial charge in [0.05, 0.1) is 13.2 Å². The number of rotatable bonds is 8. The zero-order chi connectivity index (χ0) is 25.5. The average molecular weight is 488 g/mol. The number of nitrogens with one attached hydrogen (secondary N) is 1. The molecule has 0 aromatic heterocycles. The monoisotopic (exact) mass is 487 g/mol. The fourth-order valence-electron chi connectivity index (χ4n) is 4.07. The van der Waals surface area contributed by atoms with E-state index in [0.717, 1.165) is 36.6 Å². The predicted molar refractivity (Wildman–Crippen MR) is 142 cm³/mol. The van der Waals surface area contributed by atoms with E-state index in [2.05, 4.69) is 17.1 Å². The minimum atomic E-state index is -0.178. The van der Waals surface area contributed by atoms with Gasteiger partial charge in [-0.25, -0.2) is 0 Å². The molecule has 1 fully saturated rings. The molecule has 0 aliphatic carbocycles. The molecular weight excluding hydrogens is 454 g/mol. The number of amides is 2. The normalized spacial score (nSPS) is 14.2. The van der Waals surface area contributed by atoms with Gasteiger partial charge in [0.15, 0.2) is 0 Å². The Morgan fingerprint density at radius 2 is 1.58 bits per heavy atom. The SMILES string of the molecule is CCC(C)Oc1cccc(C(=O)Nc2ccc(N3CCN(C(=O)c4ccc(OC)cc4)CC3)cc2)c1. The number of ether oxygens (including phenoxy) is 2. The smallest absolute Gasteiger partial charge is 0.255 e. The summed E-state index contributed by atoms with van der Waals surface area (Å²) in [5, 5.41) is 2.96. The van der Waals surface area contributed by atoms with Crippen molar-refractivity contribution in [2.45, 2.75) is 26.4 Å². The Morgan fingerprint density at radius 3 is 2.22 bits per heavy atom. The third-order valence-electron chi connectivity index (χ3n) is 6.40. The Kier molecular flexibility index (Phi) is 8.10. The van der Waals surface area contributed by atoms with Crippen molar-refractivity contribution in [3.05, 3.63) is 83.9 Å². The molecule has 3 aromatic carbocycles. The van der Waals surface area contributed by atoms with Gasteiger partial charge in [0, 0.05) is 48.7 Å². The van der Waals surface area contributed by atoms with Gasteiger partial charge in [0.25, 0.3) is 11.8 Å². The molecule has 7 nitrogen and oxygen atoms in total. The van der Waals surface area contributed by atoms with E-state index in [0.29, 0.717) is 30.0 Å². The van der Waals surface area contributed by atoms with E-state index in [-0.39, 0.29) is 17.9 Å². The van der Waals surface area contributed by atoms with Gasteiger partial charge in [-0.1, -0.05) is 13.0 Å². The summed E-state index contributed by atoms with van der Waals surface area (Å²) in [5.41, 5.74) is 3.01. The van der Waals surface area contributed by atoms with Crippen molar-refractivity contribution in [2.75, 3.05) is 43.5 Å². The maximum atomic E-state index is 12.8. The highest BCUT2D eigenvalue weighted by atomic mass is 16.5. The maximum Gasteiger partial charge on any atom is 0.255 e. The van der Waals surface area contributed by atoms with Gasteiger partial charge in [-0.2, -0.15) is 0 Å². The second-order valence-electron chi connectivity index (χ2n) is 8.87. The lowest BCUT2D eigenvalue weighted by molar-refractivity contribution is 0.0746. The molecule has 0 bridgehead atoms. The average Bonchev–Trinajstić information content (AvgIpc) is 2.93. The summed E-state index contributed by atoms with van der Waals surface area (Å²) >= 11 is 0. The van der Waals surface area contributed by atoms with E-state index >= 15 is 0 Å². The number of nitrogens with zero attached hydrogens (tertiary/aromatic N) is 2. The number of carbonyl (C=O) groups is 2. The quantitative estimate of drug-likeness (QED) is 0.479. The Balaban J connectivity index is 1.31. The summed E-state index contributed by atoms with van der Waals surface area (Å²) < 4.78 is 11.0. The minimum Gasteiger partial charge on any atom is -0.497 e. The molecule has 1 heterocycles. The molecule has 4 rings (SSSR count). The standard InChI is InChI=1S/C29H33N3O4/c1-4-21(2)36-27-7-5-6-23(20-27)28(33)30-24-10-12-25(13-11-24)31-16-18-32(19-17-31)29(34)22-8-14-26(35-3)15-9-22/h5-15,20-21H,4,16-19H2,1-3H3,(H,30,33). The molecule has 0 saturated carbocycles. The Labute approximate surface area is 212 Å². The van der Waals surface area contributed by atoms with E-state index in [4.69, 9.17) is 9.47 Å². The molecule has 3 aromatic rings. The van der Waals surface area contributed by atoms with E-state index in [9.17, 15) is 9.59 Å². The molecule has 2 amide bonds. The first kappa shape index (κ1) is 25.1. The molecular formula is C29H33N3O4. The summed E-state index contributed by atoms with van der Waals surface area (Å²) in [4.78, 5) is 29.7. The lowest BCUT2D eigenvalue weighted by Crippen LogP contribution is -2.48. The van der Waals surface area contributed by atoms with Crippen LogP contribution in [-0.4, -0.2) is 56.1 Å². The van der Waals surface area contributed by atoms with Gasteiger partial charge in [-0.3, -0.25) is 9.59 Å². The molecule has 0 radical (unpaired) electrons. The number of anilines is 2. The molecule has 188 valence electrons. The Hall–Kier alpha value is -4.00. The first-order valence-electron chi connectivity index (χ1n) is 12.3. The second kappa shape index (κ2) is 11.6. The fraction of sp³-hybridized carbons (Fsp3) is 0.310. The Morgan fingerprint density at radius 1 is 0.889 bits per heavy atom. The molecule has 1 unspecified atom stereocenters. The van der Waals surface area contributed by atoms with Crippen LogP contribution >= 0.6 is 0 Å². The van der Waals surface area contributed by atoms with Crippen molar-refractivity contribution < 1.29 is 19.1 Å². The van der Waals surface area contributed by atoms with Crippen LogP contribution in [0.1, 0.15) is 41.0 Å². The third-order valence-corrected chi connectivity index (χ3v) is 6.40. The van der Waals surface area contributed by atoms with Crippen molar-refractivity contribution in [3.8, 4) is 11.5 Å². The second-order valence-corrected chi connectivity index (χ2v) is 8.87. The first-order chi connectivity index (χ1) is 17.5. The zero-order valence-corrected chi connectivity index (χ0v) is 21.1.